The van der Waals surface area contributed by atoms with Gasteiger partial charge in [0.15, 0.2) is 0 Å². The molecule has 130 valence electrons. The van der Waals surface area contributed by atoms with Gasteiger partial charge in [0.2, 0.25) is 5.66 Å². The van der Waals surface area contributed by atoms with Gasteiger partial charge >= 0.3 is 0 Å². The third kappa shape index (κ3) is 3.04. The van der Waals surface area contributed by atoms with Crippen LogP contribution in [0.1, 0.15) is 12.5 Å². The van der Waals surface area contributed by atoms with E-state index in [1.54, 1.807) is 11.3 Å². The number of hydrazine groups is 2. The molecule has 0 amide bonds. The molecule has 0 radical (unpaired) electrons. The highest BCUT2D eigenvalue weighted by Gasteiger charge is 2.51. The molecule has 25 heavy (non-hydrogen) atoms. The van der Waals surface area contributed by atoms with Crippen LogP contribution in [-0.2, 0) is 5.66 Å². The number of hydrogen-bond acceptors (Lipinski definition) is 5. The van der Waals surface area contributed by atoms with Crippen LogP contribution in [0.3, 0.4) is 0 Å². The largest absolute Gasteiger partial charge is 1.00 e. The van der Waals surface area contributed by atoms with Crippen LogP contribution in [0.4, 0.5) is 10.8 Å². The number of rotatable bonds is 3. The molecule has 5 nitrogen and oxygen atoms in total. The topological polar surface area (TPSA) is 39.2 Å². The zero-order valence-electron chi connectivity index (χ0n) is 14.1. The minimum absolute atomic E-state index is 0. The minimum atomic E-state index is -0.261. The molecule has 0 saturated carbocycles. The van der Waals surface area contributed by atoms with Gasteiger partial charge in [-0.1, -0.05) is 65.0 Å². The summed E-state index contributed by atoms with van der Waals surface area (Å²) in [5.74, 6) is 0. The second kappa shape index (κ2) is 7.13. The number of benzene rings is 2. The van der Waals surface area contributed by atoms with Crippen LogP contribution in [-0.4, -0.2) is 17.0 Å². The van der Waals surface area contributed by atoms with Crippen molar-refractivity contribution in [2.45, 2.75) is 12.6 Å². The molecule has 1 fully saturated rings. The Morgan fingerprint density at radius 2 is 1.64 bits per heavy atom. The van der Waals surface area contributed by atoms with Gasteiger partial charge < -0.3 is 17.0 Å². The van der Waals surface area contributed by atoms with E-state index in [-0.39, 0.29) is 22.6 Å². The average Bonchev–Trinajstić information content (AvgIpc) is 3.25. The van der Waals surface area contributed by atoms with Crippen LogP contribution < -0.4 is 32.6 Å². The van der Waals surface area contributed by atoms with E-state index in [1.807, 2.05) is 17.6 Å². The Morgan fingerprint density at radius 1 is 1.00 bits per heavy atom. The van der Waals surface area contributed by atoms with Crippen molar-refractivity contribution in [3.8, 4) is 0 Å². The lowest BCUT2D eigenvalue weighted by atomic mass is 10.0. The van der Waals surface area contributed by atoms with Gasteiger partial charge in [-0.3, -0.25) is 0 Å². The molecule has 1 saturated heterocycles. The van der Waals surface area contributed by atoms with Gasteiger partial charge in [-0.15, -0.1) is 5.01 Å². The molecular formula is C18H20BrN5S. The molecule has 1 unspecified atom stereocenters. The average molecular weight is 418 g/mol. The summed E-state index contributed by atoms with van der Waals surface area (Å²) in [7, 11) is 2.12. The van der Waals surface area contributed by atoms with E-state index >= 15 is 0 Å². The van der Waals surface area contributed by atoms with Crippen molar-refractivity contribution < 1.29 is 22.4 Å². The van der Waals surface area contributed by atoms with Crippen molar-refractivity contribution in [2.24, 2.45) is 0 Å². The van der Waals surface area contributed by atoms with Crippen molar-refractivity contribution in [2.75, 3.05) is 17.3 Å². The normalized spacial score (nSPS) is 20.6. The summed E-state index contributed by atoms with van der Waals surface area (Å²) in [5.41, 5.74) is 4.32. The maximum atomic E-state index is 4.51. The van der Waals surface area contributed by atoms with Crippen molar-refractivity contribution >= 4 is 22.2 Å². The summed E-state index contributed by atoms with van der Waals surface area (Å²) in [5, 5.41) is 9.51. The van der Waals surface area contributed by atoms with Crippen LogP contribution in [0.2, 0.25) is 0 Å². The summed E-state index contributed by atoms with van der Waals surface area (Å²) in [4.78, 5) is 4.51. The molecule has 1 aliphatic heterocycles. The highest BCUT2D eigenvalue weighted by atomic mass is 79.9. The Morgan fingerprint density at radius 3 is 2.24 bits per heavy atom. The fraction of sp³-hybridized carbons (Fsp3) is 0.167. The first-order chi connectivity index (χ1) is 11.7. The lowest BCUT2D eigenvalue weighted by molar-refractivity contribution is -0.737. The number of aromatic nitrogens is 1. The van der Waals surface area contributed by atoms with Crippen LogP contribution in [0.25, 0.3) is 0 Å². The Labute approximate surface area is 162 Å². The molecule has 1 atom stereocenters. The number of nitrogens with zero attached hydrogens (tertiary/aromatic N) is 4. The van der Waals surface area contributed by atoms with Gasteiger partial charge in [0.25, 0.3) is 5.13 Å². The van der Waals surface area contributed by atoms with E-state index in [1.165, 1.54) is 5.56 Å². The van der Waals surface area contributed by atoms with Crippen molar-refractivity contribution in [1.29, 1.82) is 0 Å². The van der Waals surface area contributed by atoms with Crippen molar-refractivity contribution in [3.05, 3.63) is 77.8 Å². The van der Waals surface area contributed by atoms with E-state index in [4.69, 9.17) is 0 Å². The summed E-state index contributed by atoms with van der Waals surface area (Å²) in [6, 6.07) is 20.9. The lowest BCUT2D eigenvalue weighted by Gasteiger charge is -2.30. The molecule has 0 bridgehead atoms. The third-order valence-corrected chi connectivity index (χ3v) is 5.26. The zero-order valence-corrected chi connectivity index (χ0v) is 16.5. The number of quaternary nitrogens is 1. The summed E-state index contributed by atoms with van der Waals surface area (Å²) < 4.78 is 0. The van der Waals surface area contributed by atoms with Gasteiger partial charge in [0.05, 0.1) is 5.69 Å². The highest BCUT2D eigenvalue weighted by Crippen LogP contribution is 2.33. The van der Waals surface area contributed by atoms with Crippen LogP contribution in [0, 0.1) is 0 Å². The van der Waals surface area contributed by atoms with Gasteiger partial charge in [-0.25, -0.2) is 4.98 Å². The number of thiazole rings is 1. The standard InChI is InChI=1S/C18H19N5S.BrH/c1-18(15-9-5-3-6-10-15)20-22(17-19-13-14-24-17)23(21(18)2)16-11-7-4-8-12-16;/h3-14,20H,1-2H3;1H. The fourth-order valence-corrected chi connectivity index (χ4v) is 3.68. The van der Waals surface area contributed by atoms with Crippen molar-refractivity contribution in [1.82, 2.24) is 9.99 Å². The number of anilines is 2. The molecule has 1 aromatic heterocycles. The highest BCUT2D eigenvalue weighted by molar-refractivity contribution is 7.13. The fourth-order valence-electron chi connectivity index (χ4n) is 3.08. The first kappa shape index (κ1) is 17.9. The second-order valence-electron chi connectivity index (χ2n) is 5.95. The van der Waals surface area contributed by atoms with Gasteiger partial charge in [0.1, 0.15) is 0 Å². The summed E-state index contributed by atoms with van der Waals surface area (Å²) >= 11 is 1.63. The molecule has 7 heteroatoms. The maximum Gasteiger partial charge on any atom is 0.259 e. The van der Waals surface area contributed by atoms with Gasteiger partial charge in [-0.2, -0.15) is 10.5 Å². The summed E-state index contributed by atoms with van der Waals surface area (Å²) in [6.07, 6.45) is 1.84. The maximum absolute atomic E-state index is 4.51. The Kier molecular flexibility index (Phi) is 5.10. The van der Waals surface area contributed by atoms with Crippen LogP contribution >= 0.6 is 11.3 Å². The zero-order chi connectivity index (χ0) is 16.6. The molecule has 4 rings (SSSR count). The molecule has 2 aromatic carbocycles. The molecule has 0 aliphatic carbocycles. The predicted molar refractivity (Wildman–Crippen MR) is 97.0 cm³/mol. The van der Waals surface area contributed by atoms with Crippen molar-refractivity contribution in [3.63, 3.8) is 0 Å². The lowest BCUT2D eigenvalue weighted by Crippen LogP contribution is -3.00. The SMILES string of the molecule is CN1N(c2ccccc2)N(c2nccs2)[NH2+]C1(C)c1ccccc1.[Br-]. The number of halogens is 1. The quantitative estimate of drug-likeness (QED) is 0.587. The van der Waals surface area contributed by atoms with E-state index in [0.717, 1.165) is 10.8 Å². The summed E-state index contributed by atoms with van der Waals surface area (Å²) in [6.45, 7) is 2.23. The molecule has 3 aromatic rings. The number of nitrogens with two attached hydrogens (primary N) is 1. The molecule has 0 spiro atoms. The van der Waals surface area contributed by atoms with Crippen LogP contribution in [0.5, 0.6) is 0 Å². The van der Waals surface area contributed by atoms with E-state index in [0.29, 0.717) is 0 Å². The van der Waals surface area contributed by atoms with Gasteiger partial charge in [0, 0.05) is 31.1 Å². The molecule has 1 aliphatic rings. The first-order valence-electron chi connectivity index (χ1n) is 7.89. The molecule has 2 heterocycles. The monoisotopic (exact) mass is 417 g/mol. The number of para-hydroxylation sites is 1. The predicted octanol–water partition coefficient (Wildman–Crippen LogP) is -0.413. The van der Waals surface area contributed by atoms with Gasteiger partial charge in [-0.05, 0) is 12.1 Å². The Hall–Kier alpha value is -1.93. The molecule has 2 N–H and O–H groups in total. The van der Waals surface area contributed by atoms with E-state index in [2.05, 4.69) is 94.2 Å². The smallest absolute Gasteiger partial charge is 0.259 e. The first-order valence-corrected chi connectivity index (χ1v) is 8.77. The van der Waals surface area contributed by atoms with Crippen LogP contribution in [0.15, 0.2) is 72.2 Å². The van der Waals surface area contributed by atoms with E-state index < -0.39 is 0 Å². The minimum Gasteiger partial charge on any atom is -1.00 e. The number of hydrogen-bond donors (Lipinski definition) is 1. The second-order valence-corrected chi connectivity index (χ2v) is 6.82. The Balaban J connectivity index is 0.00000182. The molecular weight excluding hydrogens is 398 g/mol. The Bertz CT molecular complexity index is 799. The third-order valence-electron chi connectivity index (χ3n) is 4.49. The van der Waals surface area contributed by atoms with E-state index in [9.17, 15) is 0 Å².